The fraction of sp³-hybridized carbons (Fsp3) is 0.333. The lowest BCUT2D eigenvalue weighted by Crippen LogP contribution is -2.36. The van der Waals surface area contributed by atoms with Crippen molar-refractivity contribution in [1.82, 2.24) is 0 Å². The fourth-order valence-corrected chi connectivity index (χ4v) is 7.43. The lowest BCUT2D eigenvalue weighted by atomic mass is 10.2. The zero-order valence-corrected chi connectivity index (χ0v) is 18.6. The van der Waals surface area contributed by atoms with Gasteiger partial charge >= 0.3 is 6.18 Å². The van der Waals surface area contributed by atoms with Gasteiger partial charge in [-0.05, 0) is 42.8 Å². The highest BCUT2D eigenvalue weighted by molar-refractivity contribution is 8.15. The Bertz CT molecular complexity index is 1180. The zero-order chi connectivity index (χ0) is 23.1. The van der Waals surface area contributed by atoms with E-state index >= 15 is 0 Å². The third-order valence-corrected chi connectivity index (χ3v) is 8.37. The van der Waals surface area contributed by atoms with Crippen molar-refractivity contribution in [2.24, 2.45) is 4.99 Å². The summed E-state index contributed by atoms with van der Waals surface area (Å²) in [6.07, 6.45) is -4.51. The van der Waals surface area contributed by atoms with Crippen LogP contribution in [-0.4, -0.2) is 48.8 Å². The van der Waals surface area contributed by atoms with Gasteiger partial charge in [0.05, 0.1) is 23.1 Å². The molecule has 0 radical (unpaired) electrons. The second-order valence-corrected chi connectivity index (χ2v) is 11.1. The van der Waals surface area contributed by atoms with Crippen molar-refractivity contribution in [2.45, 2.75) is 24.4 Å². The average Bonchev–Trinajstić information content (AvgIpc) is 3.19. The number of fused-ring (bicyclic) bond motifs is 1. The number of rotatable bonds is 4. The number of nitrogens with zero attached hydrogens (tertiary/aromatic N) is 2. The van der Waals surface area contributed by atoms with E-state index in [0.29, 0.717) is 10.9 Å². The van der Waals surface area contributed by atoms with Crippen LogP contribution in [0.5, 0.6) is 0 Å². The molecule has 2 aromatic rings. The summed E-state index contributed by atoms with van der Waals surface area (Å²) < 4.78 is 62.6. The minimum atomic E-state index is -4.51. The van der Waals surface area contributed by atoms with Gasteiger partial charge < -0.3 is 10.2 Å². The number of hydrogen-bond acceptors (Lipinski definition) is 6. The Morgan fingerprint density at radius 1 is 1.19 bits per heavy atom. The van der Waals surface area contributed by atoms with Gasteiger partial charge in [-0.1, -0.05) is 30.0 Å². The summed E-state index contributed by atoms with van der Waals surface area (Å²) in [5, 5.41) is 2.84. The van der Waals surface area contributed by atoms with E-state index in [1.54, 1.807) is 11.0 Å². The minimum Gasteiger partial charge on any atom is -0.325 e. The fourth-order valence-electron chi connectivity index (χ4n) is 3.65. The number of aliphatic imine (C=N–C) groups is 1. The molecule has 2 atom stereocenters. The van der Waals surface area contributed by atoms with Crippen molar-refractivity contribution in [3.05, 3.63) is 59.7 Å². The largest absolute Gasteiger partial charge is 0.416 e. The lowest BCUT2D eigenvalue weighted by Gasteiger charge is -2.24. The van der Waals surface area contributed by atoms with Crippen molar-refractivity contribution < 1.29 is 26.4 Å². The predicted octanol–water partition coefficient (Wildman–Crippen LogP) is 3.73. The van der Waals surface area contributed by atoms with Crippen LogP contribution < -0.4 is 10.2 Å². The molecule has 2 aliphatic rings. The van der Waals surface area contributed by atoms with Crippen molar-refractivity contribution >= 4 is 44.0 Å². The molecule has 0 aromatic heterocycles. The summed E-state index contributed by atoms with van der Waals surface area (Å²) >= 11 is 1.31. The molecule has 0 aliphatic carbocycles. The predicted molar refractivity (Wildman–Crippen MR) is 120 cm³/mol. The number of anilines is 2. The van der Waals surface area contributed by atoms with Crippen molar-refractivity contribution in [2.75, 3.05) is 28.3 Å². The molecule has 4 rings (SSSR count). The number of carbonyl (C=O) groups excluding carboxylic acids is 1. The van der Waals surface area contributed by atoms with Gasteiger partial charge in [0, 0.05) is 16.6 Å². The molecule has 1 amide bonds. The third-order valence-electron chi connectivity index (χ3n) is 5.12. The van der Waals surface area contributed by atoms with Crippen molar-refractivity contribution in [3.63, 3.8) is 0 Å². The molecule has 170 valence electrons. The number of alkyl halides is 3. The number of benzene rings is 2. The van der Waals surface area contributed by atoms with Crippen LogP contribution in [0.1, 0.15) is 11.1 Å². The third kappa shape index (κ3) is 5.09. The normalized spacial score (nSPS) is 21.7. The molecule has 1 fully saturated rings. The molecule has 0 saturated carbocycles. The van der Waals surface area contributed by atoms with Crippen LogP contribution in [0.2, 0.25) is 0 Å². The summed E-state index contributed by atoms with van der Waals surface area (Å²) in [6, 6.07) is 11.5. The maximum absolute atomic E-state index is 13.0. The number of amides is 1. The molecule has 1 N–H and O–H groups in total. The SMILES string of the molecule is Cc1cccc(N(CC(=O)Nc2cccc(C(F)(F)F)c2)C2=N[C@@H]3CS(=O)(=O)C[C@@H]3S2)c1. The highest BCUT2D eigenvalue weighted by atomic mass is 32.2. The van der Waals surface area contributed by atoms with Crippen LogP contribution in [0, 0.1) is 6.92 Å². The minimum absolute atomic E-state index is 0.0216. The van der Waals surface area contributed by atoms with E-state index in [1.165, 1.54) is 23.9 Å². The first-order valence-corrected chi connectivity index (χ1v) is 12.5. The Morgan fingerprint density at radius 3 is 2.62 bits per heavy atom. The maximum Gasteiger partial charge on any atom is 0.416 e. The van der Waals surface area contributed by atoms with E-state index in [4.69, 9.17) is 0 Å². The van der Waals surface area contributed by atoms with Crippen molar-refractivity contribution in [1.29, 1.82) is 0 Å². The number of amidine groups is 1. The van der Waals surface area contributed by atoms with E-state index in [0.717, 1.165) is 17.7 Å². The first-order valence-electron chi connectivity index (χ1n) is 9.76. The Hall–Kier alpha value is -2.53. The number of hydrogen-bond donors (Lipinski definition) is 1. The molecule has 32 heavy (non-hydrogen) atoms. The summed E-state index contributed by atoms with van der Waals surface area (Å²) in [6.45, 7) is 1.72. The van der Waals surface area contributed by atoms with Crippen LogP contribution in [-0.2, 0) is 20.8 Å². The van der Waals surface area contributed by atoms with E-state index in [2.05, 4.69) is 10.3 Å². The molecule has 6 nitrogen and oxygen atoms in total. The highest BCUT2D eigenvalue weighted by Gasteiger charge is 2.44. The van der Waals surface area contributed by atoms with Crippen LogP contribution in [0.3, 0.4) is 0 Å². The molecule has 0 spiro atoms. The molecule has 2 heterocycles. The first-order chi connectivity index (χ1) is 15.0. The van der Waals surface area contributed by atoms with E-state index in [9.17, 15) is 26.4 Å². The molecule has 2 aromatic carbocycles. The topological polar surface area (TPSA) is 78.8 Å². The van der Waals surface area contributed by atoms with E-state index < -0.39 is 27.5 Å². The Balaban J connectivity index is 1.56. The highest BCUT2D eigenvalue weighted by Crippen LogP contribution is 2.37. The molecule has 1 saturated heterocycles. The molecular formula is C21H20F3N3O3S2. The number of aryl methyl sites for hydroxylation is 1. The van der Waals surface area contributed by atoms with Gasteiger partial charge in [0.15, 0.2) is 15.0 Å². The second-order valence-electron chi connectivity index (χ2n) is 7.76. The van der Waals surface area contributed by atoms with Gasteiger partial charge in [0.2, 0.25) is 5.91 Å². The molecule has 2 aliphatic heterocycles. The van der Waals surface area contributed by atoms with Crippen LogP contribution >= 0.6 is 11.8 Å². The quantitative estimate of drug-likeness (QED) is 0.717. The first kappa shape index (κ1) is 22.7. The number of nitrogens with one attached hydrogen (secondary N) is 1. The van der Waals surface area contributed by atoms with Gasteiger partial charge in [0.25, 0.3) is 0 Å². The molecule has 0 bridgehead atoms. The van der Waals surface area contributed by atoms with Crippen LogP contribution in [0.4, 0.5) is 24.5 Å². The second kappa shape index (κ2) is 8.43. The summed E-state index contributed by atoms with van der Waals surface area (Å²) in [5.41, 5.74) is 0.837. The summed E-state index contributed by atoms with van der Waals surface area (Å²) in [5.74, 6) is -0.501. The van der Waals surface area contributed by atoms with E-state index in [1.807, 2.05) is 25.1 Å². The standard InChI is InChI=1S/C21H20F3N3O3S2/c1-13-4-2-7-16(8-13)27(20-26-17-11-32(29,30)12-18(17)31-20)10-19(28)25-15-6-3-5-14(9-15)21(22,23)24/h2-9,17-18H,10-12H2,1H3,(H,25,28)/t17-,18+/m1/s1. The molecule has 0 unspecified atom stereocenters. The molecule has 11 heteroatoms. The van der Waals surface area contributed by atoms with Gasteiger partial charge in [-0.15, -0.1) is 0 Å². The van der Waals surface area contributed by atoms with Gasteiger partial charge in [-0.25, -0.2) is 8.42 Å². The Kier molecular flexibility index (Phi) is 5.97. The summed E-state index contributed by atoms with van der Waals surface area (Å²) in [7, 11) is -3.12. The van der Waals surface area contributed by atoms with E-state index in [-0.39, 0.29) is 35.0 Å². The number of thioether (sulfide) groups is 1. The average molecular weight is 484 g/mol. The van der Waals surface area contributed by atoms with Crippen LogP contribution in [0.15, 0.2) is 53.5 Å². The zero-order valence-electron chi connectivity index (χ0n) is 17.0. The Morgan fingerprint density at radius 2 is 1.94 bits per heavy atom. The monoisotopic (exact) mass is 483 g/mol. The maximum atomic E-state index is 13.0. The van der Waals surface area contributed by atoms with Crippen molar-refractivity contribution in [3.8, 4) is 0 Å². The number of carbonyl (C=O) groups is 1. The van der Waals surface area contributed by atoms with Gasteiger partial charge in [-0.3, -0.25) is 9.79 Å². The summed E-state index contributed by atoms with van der Waals surface area (Å²) in [4.78, 5) is 19.0. The lowest BCUT2D eigenvalue weighted by molar-refractivity contribution is -0.137. The molecular weight excluding hydrogens is 463 g/mol. The number of sulfone groups is 1. The van der Waals surface area contributed by atoms with Gasteiger partial charge in [-0.2, -0.15) is 13.2 Å². The Labute approximate surface area is 187 Å². The smallest absolute Gasteiger partial charge is 0.325 e. The van der Waals surface area contributed by atoms with Crippen LogP contribution in [0.25, 0.3) is 0 Å². The van der Waals surface area contributed by atoms with Gasteiger partial charge in [0.1, 0.15) is 6.54 Å². The number of halogens is 3.